The molecule has 5 rings (SSSR count). The number of aromatic nitrogens is 2. The first kappa shape index (κ1) is 18.2. The number of hydrogen-bond acceptors (Lipinski definition) is 4. The molecule has 29 heavy (non-hydrogen) atoms. The molecular weight excluding hydrogens is 386 g/mol. The number of nitrogens with zero attached hydrogens (tertiary/aromatic N) is 2. The maximum absolute atomic E-state index is 6.08. The van der Waals surface area contributed by atoms with Crippen molar-refractivity contribution in [3.05, 3.63) is 83.6 Å². The van der Waals surface area contributed by atoms with Crippen molar-refractivity contribution in [3.63, 3.8) is 0 Å². The third-order valence-electron chi connectivity index (χ3n) is 5.07. The number of ether oxygens (including phenoxy) is 1. The number of nitrogens with one attached hydrogen (secondary N) is 1. The Morgan fingerprint density at radius 1 is 0.966 bits per heavy atom. The number of imidazole rings is 1. The van der Waals surface area contributed by atoms with Gasteiger partial charge in [-0.15, -0.1) is 0 Å². The van der Waals surface area contributed by atoms with Crippen LogP contribution in [0.25, 0.3) is 28.6 Å². The van der Waals surface area contributed by atoms with Gasteiger partial charge in [0.2, 0.25) is 0 Å². The summed E-state index contributed by atoms with van der Waals surface area (Å²) in [5.41, 5.74) is 3.17. The number of hydrogen-bond donors (Lipinski definition) is 1. The summed E-state index contributed by atoms with van der Waals surface area (Å²) >= 11 is 5.98. The lowest BCUT2D eigenvalue weighted by Crippen LogP contribution is -2.33. The zero-order valence-electron chi connectivity index (χ0n) is 15.7. The van der Waals surface area contributed by atoms with E-state index in [9.17, 15) is 0 Å². The molecular formula is C23H20ClN3O2. The molecule has 0 spiro atoms. The van der Waals surface area contributed by atoms with E-state index in [2.05, 4.69) is 34.6 Å². The highest BCUT2D eigenvalue weighted by molar-refractivity contribution is 6.30. The van der Waals surface area contributed by atoms with E-state index in [0.29, 0.717) is 10.8 Å². The highest BCUT2D eigenvalue weighted by atomic mass is 35.5. The Kier molecular flexibility index (Phi) is 4.94. The minimum absolute atomic E-state index is 0.104. The molecule has 146 valence electrons. The molecule has 0 amide bonds. The smallest absolute Gasteiger partial charge is 0.180 e. The SMILES string of the molecule is Clc1ccc(-c2ccc(-c3nccn3-c3ccc([C@H]4CNCCO4)cc3)o2)cc1. The van der Waals surface area contributed by atoms with Gasteiger partial charge in [-0.3, -0.25) is 4.57 Å². The normalized spacial score (nSPS) is 16.8. The fourth-order valence-corrected chi connectivity index (χ4v) is 3.68. The lowest BCUT2D eigenvalue weighted by molar-refractivity contribution is 0.0277. The maximum atomic E-state index is 6.08. The van der Waals surface area contributed by atoms with Crippen molar-refractivity contribution < 1.29 is 9.15 Å². The van der Waals surface area contributed by atoms with E-state index in [1.54, 1.807) is 6.20 Å². The van der Waals surface area contributed by atoms with Gasteiger partial charge in [-0.25, -0.2) is 4.98 Å². The Bertz CT molecular complexity index is 1090. The molecule has 2 aromatic carbocycles. The fraction of sp³-hybridized carbons (Fsp3) is 0.174. The van der Waals surface area contributed by atoms with Gasteiger partial charge in [-0.05, 0) is 54.1 Å². The van der Waals surface area contributed by atoms with Crippen LogP contribution in [0.2, 0.25) is 5.02 Å². The first-order valence-corrected chi connectivity index (χ1v) is 9.98. The fourth-order valence-electron chi connectivity index (χ4n) is 3.55. The number of furan rings is 1. The van der Waals surface area contributed by atoms with Gasteiger partial charge in [0, 0.05) is 41.8 Å². The highest BCUT2D eigenvalue weighted by Gasteiger charge is 2.17. The molecule has 3 heterocycles. The molecule has 0 saturated carbocycles. The highest BCUT2D eigenvalue weighted by Crippen LogP contribution is 2.30. The van der Waals surface area contributed by atoms with Gasteiger partial charge >= 0.3 is 0 Å². The predicted octanol–water partition coefficient (Wildman–Crippen LogP) is 5.11. The number of benzene rings is 2. The van der Waals surface area contributed by atoms with Gasteiger partial charge in [0.15, 0.2) is 11.6 Å². The minimum atomic E-state index is 0.104. The maximum Gasteiger partial charge on any atom is 0.180 e. The molecule has 1 atom stereocenters. The van der Waals surface area contributed by atoms with Crippen molar-refractivity contribution in [2.24, 2.45) is 0 Å². The average molecular weight is 406 g/mol. The van der Waals surface area contributed by atoms with Crippen molar-refractivity contribution in [3.8, 4) is 28.6 Å². The van der Waals surface area contributed by atoms with Gasteiger partial charge < -0.3 is 14.5 Å². The Morgan fingerprint density at radius 2 is 1.76 bits per heavy atom. The summed E-state index contributed by atoms with van der Waals surface area (Å²) in [7, 11) is 0. The second-order valence-electron chi connectivity index (χ2n) is 6.95. The van der Waals surface area contributed by atoms with E-state index in [1.165, 1.54) is 5.56 Å². The first-order chi connectivity index (χ1) is 14.3. The van der Waals surface area contributed by atoms with Crippen LogP contribution in [-0.4, -0.2) is 29.2 Å². The predicted molar refractivity (Wildman–Crippen MR) is 113 cm³/mol. The van der Waals surface area contributed by atoms with Crippen LogP contribution < -0.4 is 5.32 Å². The quantitative estimate of drug-likeness (QED) is 0.512. The molecule has 4 aromatic rings. The van der Waals surface area contributed by atoms with Crippen molar-refractivity contribution >= 4 is 11.6 Å². The van der Waals surface area contributed by atoms with Crippen LogP contribution in [0, 0.1) is 0 Å². The van der Waals surface area contributed by atoms with E-state index in [-0.39, 0.29) is 6.10 Å². The minimum Gasteiger partial charge on any atom is -0.453 e. The van der Waals surface area contributed by atoms with Gasteiger partial charge in [-0.2, -0.15) is 0 Å². The molecule has 1 fully saturated rings. The van der Waals surface area contributed by atoms with Crippen LogP contribution >= 0.6 is 11.6 Å². The molecule has 5 nitrogen and oxygen atoms in total. The topological polar surface area (TPSA) is 52.2 Å². The second-order valence-corrected chi connectivity index (χ2v) is 7.38. The van der Waals surface area contributed by atoms with E-state index in [0.717, 1.165) is 42.5 Å². The van der Waals surface area contributed by atoms with Crippen LogP contribution in [0.3, 0.4) is 0 Å². The summed E-state index contributed by atoms with van der Waals surface area (Å²) < 4.78 is 13.9. The van der Waals surface area contributed by atoms with E-state index < -0.39 is 0 Å². The van der Waals surface area contributed by atoms with Crippen LogP contribution in [-0.2, 0) is 4.74 Å². The zero-order valence-corrected chi connectivity index (χ0v) is 16.5. The summed E-state index contributed by atoms with van der Waals surface area (Å²) in [4.78, 5) is 4.51. The average Bonchev–Trinajstić information content (AvgIpc) is 3.45. The van der Waals surface area contributed by atoms with Gasteiger partial charge in [0.05, 0.1) is 12.7 Å². The Hall–Kier alpha value is -2.86. The van der Waals surface area contributed by atoms with Crippen molar-refractivity contribution in [2.75, 3.05) is 19.7 Å². The first-order valence-electron chi connectivity index (χ1n) is 9.60. The third-order valence-corrected chi connectivity index (χ3v) is 5.32. The van der Waals surface area contributed by atoms with Crippen molar-refractivity contribution in [2.45, 2.75) is 6.10 Å². The number of morpholine rings is 1. The van der Waals surface area contributed by atoms with Crippen molar-refractivity contribution in [1.82, 2.24) is 14.9 Å². The molecule has 1 N–H and O–H groups in total. The Labute approximate surface area is 173 Å². The third kappa shape index (κ3) is 3.72. The van der Waals surface area contributed by atoms with Crippen LogP contribution in [0.15, 0.2) is 77.5 Å². The molecule has 0 radical (unpaired) electrons. The summed E-state index contributed by atoms with van der Waals surface area (Å²) in [6, 6.07) is 19.9. The Balaban J connectivity index is 1.42. The van der Waals surface area contributed by atoms with E-state index >= 15 is 0 Å². The number of rotatable bonds is 4. The molecule has 0 aliphatic carbocycles. The Morgan fingerprint density at radius 3 is 2.52 bits per heavy atom. The molecule has 1 aliphatic rings. The van der Waals surface area contributed by atoms with E-state index in [1.807, 2.05) is 47.2 Å². The monoisotopic (exact) mass is 405 g/mol. The molecule has 6 heteroatoms. The van der Waals surface area contributed by atoms with Crippen LogP contribution in [0.1, 0.15) is 11.7 Å². The molecule has 0 bridgehead atoms. The molecule has 2 aromatic heterocycles. The standard InChI is InChI=1S/C23H20ClN3O2/c24-18-5-1-16(2-6-18)20-9-10-21(29-20)23-26-11-13-27(23)19-7-3-17(4-8-19)22-15-25-12-14-28-22/h1-11,13,22,25H,12,14-15H2/t22-/m1/s1. The summed E-state index contributed by atoms with van der Waals surface area (Å²) in [6.07, 6.45) is 3.82. The van der Waals surface area contributed by atoms with E-state index in [4.69, 9.17) is 20.8 Å². The van der Waals surface area contributed by atoms with Gasteiger partial charge in [0.25, 0.3) is 0 Å². The van der Waals surface area contributed by atoms with Gasteiger partial charge in [-0.1, -0.05) is 23.7 Å². The molecule has 1 saturated heterocycles. The molecule has 0 unspecified atom stereocenters. The number of halogens is 1. The van der Waals surface area contributed by atoms with Crippen molar-refractivity contribution in [1.29, 1.82) is 0 Å². The summed E-state index contributed by atoms with van der Waals surface area (Å²) in [5, 5.41) is 4.07. The molecule has 1 aliphatic heterocycles. The van der Waals surface area contributed by atoms with Gasteiger partial charge in [0.1, 0.15) is 5.76 Å². The van der Waals surface area contributed by atoms with Crippen LogP contribution in [0.4, 0.5) is 0 Å². The largest absolute Gasteiger partial charge is 0.453 e. The zero-order chi connectivity index (χ0) is 19.6. The second kappa shape index (κ2) is 7.87. The summed E-state index contributed by atoms with van der Waals surface area (Å²) in [5.74, 6) is 2.25. The summed E-state index contributed by atoms with van der Waals surface area (Å²) in [6.45, 7) is 2.50. The van der Waals surface area contributed by atoms with Crippen LogP contribution in [0.5, 0.6) is 0 Å². The lowest BCUT2D eigenvalue weighted by atomic mass is 10.1. The lowest BCUT2D eigenvalue weighted by Gasteiger charge is -2.24.